The number of benzene rings is 1. The second kappa shape index (κ2) is 4.89. The Morgan fingerprint density at radius 2 is 2.05 bits per heavy atom. The van der Waals surface area contributed by atoms with E-state index >= 15 is 0 Å². The molecule has 0 bridgehead atoms. The Balaban J connectivity index is 1.88. The summed E-state index contributed by atoms with van der Waals surface area (Å²) in [5, 5.41) is 3.57. The Morgan fingerprint density at radius 3 is 2.79 bits per heavy atom. The molecule has 0 aliphatic carbocycles. The minimum absolute atomic E-state index is 0.119. The third kappa shape index (κ3) is 2.42. The molecule has 5 heteroatoms. The zero-order valence-electron chi connectivity index (χ0n) is 11.0. The molecule has 1 saturated heterocycles. The number of hydrogen-bond donors (Lipinski definition) is 1. The Bertz CT molecular complexity index is 570. The molecule has 0 saturated carbocycles. The van der Waals surface area contributed by atoms with Crippen molar-refractivity contribution in [1.82, 2.24) is 5.32 Å². The first-order valence-electron chi connectivity index (χ1n) is 6.77. The molecular formula is C14H19NO3S. The molecular weight excluding hydrogens is 262 g/mol. The smallest absolute Gasteiger partial charge is 0.178 e. The molecule has 104 valence electrons. The fourth-order valence-corrected chi connectivity index (χ4v) is 4.59. The van der Waals surface area contributed by atoms with Crippen LogP contribution in [0.2, 0.25) is 0 Å². The summed E-state index contributed by atoms with van der Waals surface area (Å²) in [6, 6.07) is 7.77. The van der Waals surface area contributed by atoms with Gasteiger partial charge in [-0.05, 0) is 31.4 Å². The number of hydrogen-bond acceptors (Lipinski definition) is 4. The summed E-state index contributed by atoms with van der Waals surface area (Å²) in [4.78, 5) is 0.491. The van der Waals surface area contributed by atoms with Crippen LogP contribution >= 0.6 is 0 Å². The minimum Gasteiger partial charge on any atom is -0.377 e. The molecule has 0 spiro atoms. The van der Waals surface area contributed by atoms with E-state index in [-0.39, 0.29) is 17.9 Å². The van der Waals surface area contributed by atoms with Crippen LogP contribution in [0.4, 0.5) is 0 Å². The van der Waals surface area contributed by atoms with E-state index in [0.29, 0.717) is 17.4 Å². The summed E-state index contributed by atoms with van der Waals surface area (Å²) in [5.41, 5.74) is 0.910. The molecule has 0 aromatic heterocycles. The number of rotatable bonds is 2. The van der Waals surface area contributed by atoms with Crippen molar-refractivity contribution in [1.29, 1.82) is 0 Å². The maximum atomic E-state index is 12.1. The van der Waals surface area contributed by atoms with E-state index in [9.17, 15) is 8.42 Å². The van der Waals surface area contributed by atoms with Gasteiger partial charge in [0, 0.05) is 18.7 Å². The lowest BCUT2D eigenvalue weighted by molar-refractivity contribution is 0.110. The fraction of sp³-hybridized carbons (Fsp3) is 0.571. The van der Waals surface area contributed by atoms with Crippen molar-refractivity contribution in [3.05, 3.63) is 29.8 Å². The SMILES string of the molecule is CC1OCCC1NC1CCS(=O)(=O)c2ccccc21. The van der Waals surface area contributed by atoms with Crippen molar-refractivity contribution in [2.75, 3.05) is 12.4 Å². The van der Waals surface area contributed by atoms with Crippen molar-refractivity contribution >= 4 is 9.84 Å². The third-order valence-corrected chi connectivity index (χ3v) is 5.91. The van der Waals surface area contributed by atoms with Gasteiger partial charge in [-0.2, -0.15) is 0 Å². The monoisotopic (exact) mass is 281 g/mol. The highest BCUT2D eigenvalue weighted by Gasteiger charge is 2.33. The van der Waals surface area contributed by atoms with Crippen LogP contribution in [0, 0.1) is 0 Å². The predicted molar refractivity (Wildman–Crippen MR) is 72.8 cm³/mol. The van der Waals surface area contributed by atoms with Crippen LogP contribution in [0.5, 0.6) is 0 Å². The molecule has 1 aromatic carbocycles. The Labute approximate surface area is 114 Å². The molecule has 19 heavy (non-hydrogen) atoms. The zero-order valence-corrected chi connectivity index (χ0v) is 11.8. The highest BCUT2D eigenvalue weighted by molar-refractivity contribution is 7.91. The van der Waals surface area contributed by atoms with Crippen molar-refractivity contribution in [3.8, 4) is 0 Å². The standard InChI is InChI=1S/C14H19NO3S/c1-10-12(6-8-18-10)15-13-7-9-19(16,17)14-5-3-2-4-11(13)14/h2-5,10,12-13,15H,6-9H2,1H3. The van der Waals surface area contributed by atoms with Crippen LogP contribution < -0.4 is 5.32 Å². The van der Waals surface area contributed by atoms with Crippen molar-refractivity contribution in [2.45, 2.75) is 42.8 Å². The van der Waals surface area contributed by atoms with Gasteiger partial charge in [-0.3, -0.25) is 0 Å². The second-order valence-corrected chi connectivity index (χ2v) is 7.41. The summed E-state index contributed by atoms with van der Waals surface area (Å²) >= 11 is 0. The maximum absolute atomic E-state index is 12.1. The molecule has 3 unspecified atom stereocenters. The molecule has 0 radical (unpaired) electrons. The Kier molecular flexibility index (Phi) is 3.37. The molecule has 1 fully saturated rings. The Morgan fingerprint density at radius 1 is 1.26 bits per heavy atom. The average molecular weight is 281 g/mol. The van der Waals surface area contributed by atoms with E-state index < -0.39 is 9.84 Å². The molecule has 2 aliphatic rings. The van der Waals surface area contributed by atoms with Gasteiger partial charge < -0.3 is 10.1 Å². The van der Waals surface area contributed by atoms with Crippen LogP contribution in [-0.2, 0) is 14.6 Å². The summed E-state index contributed by atoms with van der Waals surface area (Å²) in [6.45, 7) is 2.85. The van der Waals surface area contributed by atoms with Crippen molar-refractivity contribution in [3.63, 3.8) is 0 Å². The summed E-state index contributed by atoms with van der Waals surface area (Å²) in [7, 11) is -3.09. The number of sulfone groups is 1. The highest BCUT2D eigenvalue weighted by atomic mass is 32.2. The molecule has 3 atom stereocenters. The van der Waals surface area contributed by atoms with Crippen LogP contribution in [0.3, 0.4) is 0 Å². The number of ether oxygens (including phenoxy) is 1. The van der Waals surface area contributed by atoms with Gasteiger partial charge in [0.15, 0.2) is 9.84 Å². The molecule has 1 aromatic rings. The third-order valence-electron chi connectivity index (χ3n) is 4.10. The number of nitrogens with one attached hydrogen (secondary N) is 1. The molecule has 2 aliphatic heterocycles. The van der Waals surface area contributed by atoms with Crippen molar-refractivity contribution in [2.24, 2.45) is 0 Å². The van der Waals surface area contributed by atoms with E-state index in [4.69, 9.17) is 4.74 Å². The Hall–Kier alpha value is -0.910. The van der Waals surface area contributed by atoms with Gasteiger partial charge in [-0.25, -0.2) is 8.42 Å². The van der Waals surface area contributed by atoms with Gasteiger partial charge in [-0.1, -0.05) is 18.2 Å². The van der Waals surface area contributed by atoms with Crippen LogP contribution in [0.25, 0.3) is 0 Å². The predicted octanol–water partition coefficient (Wildman–Crippen LogP) is 1.67. The zero-order chi connectivity index (χ0) is 13.5. The lowest BCUT2D eigenvalue weighted by Crippen LogP contribution is -2.40. The first-order chi connectivity index (χ1) is 9.08. The van der Waals surface area contributed by atoms with Crippen molar-refractivity contribution < 1.29 is 13.2 Å². The topological polar surface area (TPSA) is 55.4 Å². The summed E-state index contributed by atoms with van der Waals surface area (Å²) in [5.74, 6) is 0.226. The van der Waals surface area contributed by atoms with Crippen LogP contribution in [0.15, 0.2) is 29.2 Å². The highest BCUT2D eigenvalue weighted by Crippen LogP contribution is 2.33. The van der Waals surface area contributed by atoms with E-state index in [2.05, 4.69) is 12.2 Å². The second-order valence-electron chi connectivity index (χ2n) is 5.34. The average Bonchev–Trinajstić information content (AvgIpc) is 2.79. The number of fused-ring (bicyclic) bond motifs is 1. The largest absolute Gasteiger partial charge is 0.377 e. The summed E-state index contributed by atoms with van der Waals surface area (Å²) < 4.78 is 29.7. The van der Waals surface area contributed by atoms with Gasteiger partial charge in [-0.15, -0.1) is 0 Å². The maximum Gasteiger partial charge on any atom is 0.178 e. The van der Waals surface area contributed by atoms with Gasteiger partial charge in [0.25, 0.3) is 0 Å². The minimum atomic E-state index is -3.09. The lowest BCUT2D eigenvalue weighted by Gasteiger charge is -2.29. The lowest BCUT2D eigenvalue weighted by atomic mass is 10.0. The molecule has 0 amide bonds. The first kappa shape index (κ1) is 13.1. The van der Waals surface area contributed by atoms with E-state index in [1.54, 1.807) is 12.1 Å². The fourth-order valence-electron chi connectivity index (χ4n) is 2.97. The van der Waals surface area contributed by atoms with Crippen LogP contribution in [-0.4, -0.2) is 32.9 Å². The van der Waals surface area contributed by atoms with E-state index in [1.807, 2.05) is 12.1 Å². The van der Waals surface area contributed by atoms with Crippen LogP contribution in [0.1, 0.15) is 31.4 Å². The summed E-state index contributed by atoms with van der Waals surface area (Å²) in [6.07, 6.45) is 1.83. The molecule has 4 nitrogen and oxygen atoms in total. The molecule has 3 rings (SSSR count). The van der Waals surface area contributed by atoms with Gasteiger partial charge in [0.1, 0.15) is 0 Å². The normalized spacial score (nSPS) is 33.0. The van der Waals surface area contributed by atoms with Gasteiger partial charge in [0.05, 0.1) is 16.8 Å². The first-order valence-corrected chi connectivity index (χ1v) is 8.42. The van der Waals surface area contributed by atoms with Gasteiger partial charge in [0.2, 0.25) is 0 Å². The molecule has 2 heterocycles. The van der Waals surface area contributed by atoms with E-state index in [0.717, 1.165) is 18.6 Å². The quantitative estimate of drug-likeness (QED) is 0.896. The van der Waals surface area contributed by atoms with Gasteiger partial charge >= 0.3 is 0 Å². The molecule has 1 N–H and O–H groups in total. The van der Waals surface area contributed by atoms with E-state index in [1.165, 1.54) is 0 Å².